The Morgan fingerprint density at radius 3 is 1.97 bits per heavy atom. The largest absolute Gasteiger partial charge is 0.348 e. The van der Waals surface area contributed by atoms with Gasteiger partial charge >= 0.3 is 0 Å². The van der Waals surface area contributed by atoms with Crippen molar-refractivity contribution in [2.75, 3.05) is 13.1 Å². The van der Waals surface area contributed by atoms with Gasteiger partial charge in [0.1, 0.15) is 0 Å². The Hall–Kier alpha value is -2.96. The first kappa shape index (κ1) is 20.3. The van der Waals surface area contributed by atoms with Crippen LogP contribution < -0.4 is 5.32 Å². The second-order valence-electron chi connectivity index (χ2n) is 7.38. The zero-order valence-electron chi connectivity index (χ0n) is 16.6. The first-order chi connectivity index (χ1) is 14.5. The molecule has 0 saturated carbocycles. The lowest BCUT2D eigenvalue weighted by Gasteiger charge is -2.15. The molecule has 1 aliphatic rings. The van der Waals surface area contributed by atoms with Crippen LogP contribution in [0.1, 0.15) is 28.8 Å². The van der Waals surface area contributed by atoms with Gasteiger partial charge in [-0.2, -0.15) is 4.31 Å². The zero-order valence-corrected chi connectivity index (χ0v) is 17.4. The third-order valence-corrected chi connectivity index (χ3v) is 7.25. The van der Waals surface area contributed by atoms with Crippen molar-refractivity contribution < 1.29 is 13.2 Å². The summed E-state index contributed by atoms with van der Waals surface area (Å²) >= 11 is 0. The van der Waals surface area contributed by atoms with Gasteiger partial charge in [-0.25, -0.2) is 8.42 Å². The maximum atomic E-state index is 12.6. The molecule has 1 N–H and O–H groups in total. The third kappa shape index (κ3) is 4.45. The molecule has 4 rings (SSSR count). The topological polar surface area (TPSA) is 66.5 Å². The van der Waals surface area contributed by atoms with Crippen molar-refractivity contribution in [3.8, 4) is 11.1 Å². The fourth-order valence-electron chi connectivity index (χ4n) is 3.59. The minimum Gasteiger partial charge on any atom is -0.348 e. The van der Waals surface area contributed by atoms with Gasteiger partial charge in [0.05, 0.1) is 4.90 Å². The number of amides is 1. The van der Waals surface area contributed by atoms with E-state index in [1.165, 1.54) is 0 Å². The molecule has 1 amide bonds. The maximum Gasteiger partial charge on any atom is 0.251 e. The van der Waals surface area contributed by atoms with E-state index < -0.39 is 10.0 Å². The lowest BCUT2D eigenvalue weighted by atomic mass is 10.0. The van der Waals surface area contributed by atoms with E-state index in [4.69, 9.17) is 0 Å². The van der Waals surface area contributed by atoms with E-state index in [-0.39, 0.29) is 5.91 Å². The van der Waals surface area contributed by atoms with Gasteiger partial charge in [-0.15, -0.1) is 0 Å². The standard InChI is InChI=1S/C24H24N2O3S/c27-24(25-18-19-6-2-1-3-7-19)22-10-8-20(9-11-22)21-12-14-23(15-13-21)30(28,29)26-16-4-5-17-26/h1-3,6-15H,4-5,16-18H2,(H,25,27). The highest BCUT2D eigenvalue weighted by molar-refractivity contribution is 7.89. The van der Waals surface area contributed by atoms with Crippen LogP contribution in [0.3, 0.4) is 0 Å². The Labute approximate surface area is 177 Å². The second kappa shape index (κ2) is 8.81. The van der Waals surface area contributed by atoms with Crippen LogP contribution in [0, 0.1) is 0 Å². The summed E-state index contributed by atoms with van der Waals surface area (Å²) in [6, 6.07) is 24.0. The average molecular weight is 421 g/mol. The van der Waals surface area contributed by atoms with Crippen LogP contribution in [0.15, 0.2) is 83.8 Å². The fraction of sp³-hybridized carbons (Fsp3) is 0.208. The highest BCUT2D eigenvalue weighted by Crippen LogP contribution is 2.25. The summed E-state index contributed by atoms with van der Waals surface area (Å²) < 4.78 is 26.8. The molecule has 0 spiro atoms. The molecule has 3 aromatic carbocycles. The minimum absolute atomic E-state index is 0.127. The summed E-state index contributed by atoms with van der Waals surface area (Å²) in [5.74, 6) is -0.127. The normalized spacial score (nSPS) is 14.5. The lowest BCUT2D eigenvalue weighted by molar-refractivity contribution is 0.0951. The fourth-order valence-corrected chi connectivity index (χ4v) is 5.11. The van der Waals surface area contributed by atoms with Crippen molar-refractivity contribution in [1.29, 1.82) is 0 Å². The summed E-state index contributed by atoms with van der Waals surface area (Å²) in [6.45, 7) is 1.67. The quantitative estimate of drug-likeness (QED) is 0.654. The molecule has 0 bridgehead atoms. The number of carbonyl (C=O) groups is 1. The first-order valence-electron chi connectivity index (χ1n) is 10.1. The number of carbonyl (C=O) groups excluding carboxylic acids is 1. The number of sulfonamides is 1. The summed E-state index contributed by atoms with van der Waals surface area (Å²) in [5, 5.41) is 2.91. The third-order valence-electron chi connectivity index (χ3n) is 5.33. The summed E-state index contributed by atoms with van der Waals surface area (Å²) in [6.07, 6.45) is 1.84. The molecule has 0 radical (unpaired) electrons. The Balaban J connectivity index is 1.43. The van der Waals surface area contributed by atoms with Crippen molar-refractivity contribution in [3.63, 3.8) is 0 Å². The Bertz CT molecular complexity index is 1100. The monoisotopic (exact) mass is 420 g/mol. The maximum absolute atomic E-state index is 12.6. The van der Waals surface area contributed by atoms with Gasteiger partial charge in [0, 0.05) is 25.2 Å². The van der Waals surface area contributed by atoms with E-state index in [0.717, 1.165) is 29.5 Å². The number of benzene rings is 3. The molecule has 1 fully saturated rings. The molecule has 0 aromatic heterocycles. The van der Waals surface area contributed by atoms with Gasteiger partial charge in [-0.3, -0.25) is 4.79 Å². The molecular formula is C24H24N2O3S. The van der Waals surface area contributed by atoms with Crippen molar-refractivity contribution in [2.24, 2.45) is 0 Å². The Morgan fingerprint density at radius 2 is 1.37 bits per heavy atom. The number of nitrogens with zero attached hydrogens (tertiary/aromatic N) is 1. The highest BCUT2D eigenvalue weighted by atomic mass is 32.2. The summed E-state index contributed by atoms with van der Waals surface area (Å²) in [7, 11) is -3.40. The van der Waals surface area contributed by atoms with Gasteiger partial charge in [-0.05, 0) is 53.8 Å². The zero-order chi connectivity index (χ0) is 21.0. The molecule has 30 heavy (non-hydrogen) atoms. The number of rotatable bonds is 6. The van der Waals surface area contributed by atoms with Crippen LogP contribution in [-0.4, -0.2) is 31.7 Å². The van der Waals surface area contributed by atoms with Crippen molar-refractivity contribution in [2.45, 2.75) is 24.3 Å². The molecule has 1 saturated heterocycles. The molecule has 0 atom stereocenters. The predicted molar refractivity (Wildman–Crippen MR) is 117 cm³/mol. The first-order valence-corrected chi connectivity index (χ1v) is 11.5. The van der Waals surface area contributed by atoms with Crippen molar-refractivity contribution in [1.82, 2.24) is 9.62 Å². The van der Waals surface area contributed by atoms with E-state index in [9.17, 15) is 13.2 Å². The van der Waals surface area contributed by atoms with Gasteiger partial charge < -0.3 is 5.32 Å². The smallest absolute Gasteiger partial charge is 0.251 e. The Morgan fingerprint density at radius 1 is 0.800 bits per heavy atom. The molecule has 6 heteroatoms. The number of hydrogen-bond donors (Lipinski definition) is 1. The minimum atomic E-state index is -3.40. The summed E-state index contributed by atoms with van der Waals surface area (Å²) in [4.78, 5) is 12.7. The van der Waals surface area contributed by atoms with Crippen LogP contribution in [-0.2, 0) is 16.6 Å². The summed E-state index contributed by atoms with van der Waals surface area (Å²) in [5.41, 5.74) is 3.47. The van der Waals surface area contributed by atoms with E-state index >= 15 is 0 Å². The van der Waals surface area contributed by atoms with Gasteiger partial charge in [0.25, 0.3) is 5.91 Å². The lowest BCUT2D eigenvalue weighted by Crippen LogP contribution is -2.27. The van der Waals surface area contributed by atoms with Crippen LogP contribution in [0.25, 0.3) is 11.1 Å². The molecule has 5 nitrogen and oxygen atoms in total. The highest BCUT2D eigenvalue weighted by Gasteiger charge is 2.26. The van der Waals surface area contributed by atoms with E-state index in [1.807, 2.05) is 54.6 Å². The molecule has 1 heterocycles. The van der Waals surface area contributed by atoms with E-state index in [1.54, 1.807) is 28.6 Å². The molecule has 154 valence electrons. The van der Waals surface area contributed by atoms with Crippen molar-refractivity contribution in [3.05, 3.63) is 90.0 Å². The van der Waals surface area contributed by atoms with E-state index in [2.05, 4.69) is 5.32 Å². The SMILES string of the molecule is O=C(NCc1ccccc1)c1ccc(-c2ccc(S(=O)(=O)N3CCCC3)cc2)cc1. The van der Waals surface area contributed by atoms with Gasteiger partial charge in [0.2, 0.25) is 10.0 Å². The molecule has 0 unspecified atom stereocenters. The van der Waals surface area contributed by atoms with Gasteiger partial charge in [-0.1, -0.05) is 54.6 Å². The number of nitrogens with one attached hydrogen (secondary N) is 1. The predicted octanol–water partition coefficient (Wildman–Crippen LogP) is 4.07. The molecule has 3 aromatic rings. The average Bonchev–Trinajstić information content (AvgIpc) is 3.34. The Kier molecular flexibility index (Phi) is 5.97. The molecule has 1 aliphatic heterocycles. The van der Waals surface area contributed by atoms with Gasteiger partial charge in [0.15, 0.2) is 0 Å². The molecular weight excluding hydrogens is 396 g/mol. The molecule has 0 aliphatic carbocycles. The van der Waals surface area contributed by atoms with Crippen LogP contribution in [0.4, 0.5) is 0 Å². The van der Waals surface area contributed by atoms with Crippen molar-refractivity contribution >= 4 is 15.9 Å². The number of hydrogen-bond acceptors (Lipinski definition) is 3. The van der Waals surface area contributed by atoms with E-state index in [0.29, 0.717) is 30.1 Å². The van der Waals surface area contributed by atoms with Crippen LogP contribution >= 0.6 is 0 Å². The van der Waals surface area contributed by atoms with Crippen LogP contribution in [0.2, 0.25) is 0 Å². The second-order valence-corrected chi connectivity index (χ2v) is 9.32. The van der Waals surface area contributed by atoms with Crippen LogP contribution in [0.5, 0.6) is 0 Å².